The number of aromatic hydroxyl groups is 1. The molecule has 0 amide bonds. The number of carbonyl (C=O) groups excluding carboxylic acids is 1. The molecule has 0 saturated carbocycles. The van der Waals surface area contributed by atoms with Crippen LogP contribution in [0.15, 0.2) is 42.2 Å². The molecule has 1 aliphatic rings. The minimum atomic E-state index is -0.274. The summed E-state index contributed by atoms with van der Waals surface area (Å²) >= 11 is 0. The number of fused-ring (bicyclic) bond motifs is 1. The maximum absolute atomic E-state index is 12.3. The molecule has 0 atom stereocenters. The first-order valence-corrected chi connectivity index (χ1v) is 6.61. The molecule has 112 valence electrons. The van der Waals surface area contributed by atoms with E-state index in [9.17, 15) is 9.90 Å². The van der Waals surface area contributed by atoms with Crippen LogP contribution in [-0.2, 0) is 0 Å². The fourth-order valence-electron chi connectivity index (χ4n) is 2.22. The summed E-state index contributed by atoms with van der Waals surface area (Å²) in [5.74, 6) is 1.20. The zero-order chi connectivity index (χ0) is 15.7. The van der Waals surface area contributed by atoms with Crippen molar-refractivity contribution in [3.63, 3.8) is 0 Å². The second kappa shape index (κ2) is 5.44. The molecule has 0 radical (unpaired) electrons. The minimum absolute atomic E-state index is 0.0936. The molecule has 22 heavy (non-hydrogen) atoms. The third-order valence-corrected chi connectivity index (χ3v) is 3.38. The number of methoxy groups -OCH3 is 2. The third kappa shape index (κ3) is 2.37. The smallest absolute Gasteiger partial charge is 0.232 e. The molecule has 1 aliphatic heterocycles. The Bertz CT molecular complexity index is 759. The molecule has 5 nitrogen and oxygen atoms in total. The Morgan fingerprint density at radius 1 is 1.09 bits per heavy atom. The molecule has 2 aromatic carbocycles. The molecule has 0 bridgehead atoms. The molecule has 0 spiro atoms. The van der Waals surface area contributed by atoms with Gasteiger partial charge in [0.25, 0.3) is 0 Å². The molecule has 0 fully saturated rings. The number of ether oxygens (including phenoxy) is 3. The molecule has 0 aromatic heterocycles. The Balaban J connectivity index is 1.94. The van der Waals surface area contributed by atoms with Crippen molar-refractivity contribution in [1.29, 1.82) is 0 Å². The second-order valence-electron chi connectivity index (χ2n) is 4.73. The first-order chi connectivity index (χ1) is 10.6. The zero-order valence-corrected chi connectivity index (χ0v) is 12.1. The van der Waals surface area contributed by atoms with E-state index in [0.29, 0.717) is 11.3 Å². The van der Waals surface area contributed by atoms with Gasteiger partial charge in [0, 0.05) is 6.07 Å². The summed E-state index contributed by atoms with van der Waals surface area (Å²) in [6, 6.07) is 10.1. The third-order valence-electron chi connectivity index (χ3n) is 3.38. The van der Waals surface area contributed by atoms with E-state index in [1.54, 1.807) is 25.3 Å². The van der Waals surface area contributed by atoms with E-state index in [2.05, 4.69) is 0 Å². The number of hydrogen-bond acceptors (Lipinski definition) is 5. The number of ketones is 1. The Kier molecular flexibility index (Phi) is 3.47. The van der Waals surface area contributed by atoms with Crippen LogP contribution in [0, 0.1) is 0 Å². The first-order valence-electron chi connectivity index (χ1n) is 6.61. The summed E-state index contributed by atoms with van der Waals surface area (Å²) in [7, 11) is 3.03. The lowest BCUT2D eigenvalue weighted by atomic mass is 10.1. The molecule has 3 rings (SSSR count). The van der Waals surface area contributed by atoms with Crippen LogP contribution >= 0.6 is 0 Å². The van der Waals surface area contributed by atoms with E-state index in [4.69, 9.17) is 14.2 Å². The number of Topliss-reactive ketones (excluding diaryl/α,β-unsaturated/α-hetero) is 1. The maximum atomic E-state index is 12.3. The quantitative estimate of drug-likeness (QED) is 0.882. The van der Waals surface area contributed by atoms with E-state index >= 15 is 0 Å². The van der Waals surface area contributed by atoms with Crippen LogP contribution in [0.1, 0.15) is 15.9 Å². The standard InChI is InChI=1S/C17H14O5/c1-20-11-5-3-10(4-6-11)7-16-17(19)12-8-13(18)15(21-2)9-14(12)22-16/h3-9,18H,1-2H3. The van der Waals surface area contributed by atoms with Gasteiger partial charge in [-0.2, -0.15) is 0 Å². The fourth-order valence-corrected chi connectivity index (χ4v) is 2.22. The van der Waals surface area contributed by atoms with E-state index in [0.717, 1.165) is 11.3 Å². The van der Waals surface area contributed by atoms with Gasteiger partial charge in [0.2, 0.25) is 5.78 Å². The number of phenols is 1. The topological polar surface area (TPSA) is 65.0 Å². The largest absolute Gasteiger partial charge is 0.504 e. The van der Waals surface area contributed by atoms with Crippen molar-refractivity contribution in [1.82, 2.24) is 0 Å². The van der Waals surface area contributed by atoms with Gasteiger partial charge in [0.1, 0.15) is 11.5 Å². The van der Waals surface area contributed by atoms with Gasteiger partial charge in [-0.25, -0.2) is 0 Å². The highest BCUT2D eigenvalue weighted by Gasteiger charge is 2.29. The molecule has 0 unspecified atom stereocenters. The minimum Gasteiger partial charge on any atom is -0.504 e. The highest BCUT2D eigenvalue weighted by molar-refractivity contribution is 6.14. The Morgan fingerprint density at radius 2 is 1.82 bits per heavy atom. The van der Waals surface area contributed by atoms with Gasteiger partial charge in [-0.3, -0.25) is 4.79 Å². The maximum Gasteiger partial charge on any atom is 0.232 e. The first kappa shape index (κ1) is 14.0. The van der Waals surface area contributed by atoms with Gasteiger partial charge in [0.05, 0.1) is 19.8 Å². The van der Waals surface area contributed by atoms with Crippen LogP contribution in [-0.4, -0.2) is 25.1 Å². The number of hydrogen-bond donors (Lipinski definition) is 1. The monoisotopic (exact) mass is 298 g/mol. The van der Waals surface area contributed by atoms with Crippen molar-refractivity contribution in [2.24, 2.45) is 0 Å². The highest BCUT2D eigenvalue weighted by atomic mass is 16.5. The number of rotatable bonds is 3. The molecular formula is C17H14O5. The summed E-state index contributed by atoms with van der Waals surface area (Å²) in [6.45, 7) is 0. The average Bonchev–Trinajstić information content (AvgIpc) is 2.83. The lowest BCUT2D eigenvalue weighted by molar-refractivity contribution is 0.101. The number of benzene rings is 2. The zero-order valence-electron chi connectivity index (χ0n) is 12.1. The van der Waals surface area contributed by atoms with Crippen LogP contribution in [0.25, 0.3) is 6.08 Å². The van der Waals surface area contributed by atoms with Crippen molar-refractivity contribution in [2.45, 2.75) is 0 Å². The van der Waals surface area contributed by atoms with Crippen molar-refractivity contribution >= 4 is 11.9 Å². The normalized spacial score (nSPS) is 14.6. The molecule has 1 heterocycles. The summed E-state index contributed by atoms with van der Waals surface area (Å²) in [6.07, 6.45) is 1.64. The summed E-state index contributed by atoms with van der Waals surface area (Å²) in [5, 5.41) is 9.76. The number of carbonyl (C=O) groups is 1. The second-order valence-corrected chi connectivity index (χ2v) is 4.73. The lowest BCUT2D eigenvalue weighted by Crippen LogP contribution is -1.98. The van der Waals surface area contributed by atoms with Crippen LogP contribution < -0.4 is 14.2 Å². The van der Waals surface area contributed by atoms with E-state index < -0.39 is 0 Å². The van der Waals surface area contributed by atoms with E-state index in [1.807, 2.05) is 12.1 Å². The van der Waals surface area contributed by atoms with Gasteiger partial charge in [-0.05, 0) is 29.8 Å². The van der Waals surface area contributed by atoms with Crippen molar-refractivity contribution in [3.8, 4) is 23.0 Å². The van der Waals surface area contributed by atoms with E-state index in [1.165, 1.54) is 19.2 Å². The average molecular weight is 298 g/mol. The number of phenolic OH excluding ortho intramolecular Hbond substituents is 1. The van der Waals surface area contributed by atoms with Crippen LogP contribution in [0.2, 0.25) is 0 Å². The lowest BCUT2D eigenvalue weighted by Gasteiger charge is -2.04. The highest BCUT2D eigenvalue weighted by Crippen LogP contribution is 2.39. The van der Waals surface area contributed by atoms with Crippen LogP contribution in [0.4, 0.5) is 0 Å². The van der Waals surface area contributed by atoms with Crippen molar-refractivity contribution in [2.75, 3.05) is 14.2 Å². The molecular weight excluding hydrogens is 284 g/mol. The van der Waals surface area contributed by atoms with Gasteiger partial charge in [-0.1, -0.05) is 12.1 Å². The predicted molar refractivity (Wildman–Crippen MR) is 80.6 cm³/mol. The molecule has 0 saturated heterocycles. The molecule has 5 heteroatoms. The summed E-state index contributed by atoms with van der Waals surface area (Å²) in [5.41, 5.74) is 1.13. The Labute approximate surface area is 127 Å². The van der Waals surface area contributed by atoms with E-state index in [-0.39, 0.29) is 23.0 Å². The van der Waals surface area contributed by atoms with Crippen LogP contribution in [0.5, 0.6) is 23.0 Å². The Morgan fingerprint density at radius 3 is 2.45 bits per heavy atom. The number of allylic oxidation sites excluding steroid dienone is 1. The van der Waals surface area contributed by atoms with Crippen LogP contribution in [0.3, 0.4) is 0 Å². The summed E-state index contributed by atoms with van der Waals surface area (Å²) < 4.78 is 15.7. The molecule has 2 aromatic rings. The van der Waals surface area contributed by atoms with Crippen molar-refractivity contribution in [3.05, 3.63) is 53.3 Å². The summed E-state index contributed by atoms with van der Waals surface area (Å²) in [4.78, 5) is 12.3. The van der Waals surface area contributed by atoms with Gasteiger partial charge < -0.3 is 19.3 Å². The predicted octanol–water partition coefficient (Wildman–Crippen LogP) is 3.03. The Hall–Kier alpha value is -2.95. The molecule has 1 N–H and O–H groups in total. The van der Waals surface area contributed by atoms with Gasteiger partial charge >= 0.3 is 0 Å². The van der Waals surface area contributed by atoms with Gasteiger partial charge in [0.15, 0.2) is 17.3 Å². The van der Waals surface area contributed by atoms with Gasteiger partial charge in [-0.15, -0.1) is 0 Å². The fraction of sp³-hybridized carbons (Fsp3) is 0.118. The SMILES string of the molecule is COc1ccc(C=C2Oc3cc(OC)c(O)cc3C2=O)cc1. The van der Waals surface area contributed by atoms with Crippen molar-refractivity contribution < 1.29 is 24.1 Å². The molecule has 0 aliphatic carbocycles.